The first-order chi connectivity index (χ1) is 12.5. The highest BCUT2D eigenvalue weighted by molar-refractivity contribution is 9.10. The minimum Gasteiger partial charge on any atom is -0.338 e. The highest BCUT2D eigenvalue weighted by atomic mass is 79.9. The van der Waals surface area contributed by atoms with Gasteiger partial charge in [0.2, 0.25) is 5.91 Å². The molecule has 134 valence electrons. The maximum absolute atomic E-state index is 12.7. The molecule has 0 spiro atoms. The van der Waals surface area contributed by atoms with Gasteiger partial charge in [0.15, 0.2) is 0 Å². The van der Waals surface area contributed by atoms with Crippen LogP contribution in [0.25, 0.3) is 0 Å². The van der Waals surface area contributed by atoms with Gasteiger partial charge >= 0.3 is 0 Å². The fraction of sp³-hybridized carbons (Fsp3) is 0.158. The van der Waals surface area contributed by atoms with Crippen LogP contribution in [-0.4, -0.2) is 34.9 Å². The molecule has 0 radical (unpaired) electrons. The van der Waals surface area contributed by atoms with Gasteiger partial charge in [0, 0.05) is 22.6 Å². The number of hydrogen-bond acceptors (Lipinski definition) is 3. The number of likely N-dealkylation sites (N-methyl/N-ethyl adjacent to an activating group) is 1. The average Bonchev–Trinajstić information content (AvgIpc) is 3.28. The van der Waals surface area contributed by atoms with E-state index in [4.69, 9.17) is 0 Å². The van der Waals surface area contributed by atoms with Gasteiger partial charge in [-0.3, -0.25) is 9.59 Å². The van der Waals surface area contributed by atoms with Crippen molar-refractivity contribution in [3.05, 3.63) is 75.2 Å². The fourth-order valence-corrected chi connectivity index (χ4v) is 3.64. The Morgan fingerprint density at radius 2 is 1.96 bits per heavy atom. The highest BCUT2D eigenvalue weighted by Gasteiger charge is 2.18. The summed E-state index contributed by atoms with van der Waals surface area (Å²) in [6.45, 7) is 0.618. The normalized spacial score (nSPS) is 10.5. The van der Waals surface area contributed by atoms with Crippen LogP contribution in [-0.2, 0) is 11.3 Å². The molecular formula is C19H18BrN3O2S. The Hall–Kier alpha value is -2.38. The highest BCUT2D eigenvalue weighted by Crippen LogP contribution is 2.21. The first kappa shape index (κ1) is 18.4. The number of carbonyl (C=O) groups excluding carboxylic acids is 2. The molecule has 0 aliphatic rings. The third-order valence-corrected chi connectivity index (χ3v) is 5.38. The predicted octanol–water partition coefficient (Wildman–Crippen LogP) is 4.07. The number of nitrogens with zero attached hydrogens (tertiary/aromatic N) is 2. The number of para-hydroxylation sites is 1. The molecular weight excluding hydrogens is 414 g/mol. The summed E-state index contributed by atoms with van der Waals surface area (Å²) >= 11 is 5.04. The standard InChI is InChI=1S/C19H18BrN3O2S/c1-22(13-18(24)21-16-8-3-2-7-15(16)20)19(25)17-9-4-10-23(17)12-14-6-5-11-26-14/h2-11H,12-13H2,1H3,(H,21,24). The second-order valence-electron chi connectivity index (χ2n) is 5.79. The minimum absolute atomic E-state index is 0.0235. The van der Waals surface area contributed by atoms with Crippen molar-refractivity contribution in [2.45, 2.75) is 6.54 Å². The van der Waals surface area contributed by atoms with Crippen LogP contribution in [0, 0.1) is 0 Å². The second kappa shape index (κ2) is 8.33. The Morgan fingerprint density at radius 1 is 1.15 bits per heavy atom. The molecule has 2 aromatic heterocycles. The summed E-state index contributed by atoms with van der Waals surface area (Å²) in [7, 11) is 1.63. The van der Waals surface area contributed by atoms with Crippen molar-refractivity contribution in [3.8, 4) is 0 Å². The quantitative estimate of drug-likeness (QED) is 0.639. The molecule has 2 amide bonds. The van der Waals surface area contributed by atoms with E-state index in [1.165, 1.54) is 9.78 Å². The van der Waals surface area contributed by atoms with Crippen LogP contribution in [0.1, 0.15) is 15.4 Å². The zero-order valence-corrected chi connectivity index (χ0v) is 16.6. The van der Waals surface area contributed by atoms with E-state index in [-0.39, 0.29) is 18.4 Å². The Kier molecular flexibility index (Phi) is 5.90. The predicted molar refractivity (Wildman–Crippen MR) is 108 cm³/mol. The van der Waals surface area contributed by atoms with Gasteiger partial charge < -0.3 is 14.8 Å². The van der Waals surface area contributed by atoms with Gasteiger partial charge in [-0.2, -0.15) is 0 Å². The van der Waals surface area contributed by atoms with Crippen molar-refractivity contribution in [1.82, 2.24) is 9.47 Å². The largest absolute Gasteiger partial charge is 0.338 e. The molecule has 1 aromatic carbocycles. The molecule has 7 heteroatoms. The molecule has 0 saturated heterocycles. The van der Waals surface area contributed by atoms with Crippen LogP contribution in [0.15, 0.2) is 64.6 Å². The average molecular weight is 432 g/mol. The molecule has 3 rings (SSSR count). The number of rotatable bonds is 6. The van der Waals surface area contributed by atoms with E-state index in [1.54, 1.807) is 30.5 Å². The van der Waals surface area contributed by atoms with Crippen molar-refractivity contribution in [2.24, 2.45) is 0 Å². The van der Waals surface area contributed by atoms with Crippen LogP contribution in [0.3, 0.4) is 0 Å². The Balaban J connectivity index is 1.64. The molecule has 0 aliphatic carbocycles. The van der Waals surface area contributed by atoms with Gasteiger partial charge in [-0.25, -0.2) is 0 Å². The summed E-state index contributed by atoms with van der Waals surface area (Å²) in [6.07, 6.45) is 1.88. The number of halogens is 1. The molecule has 0 bridgehead atoms. The molecule has 1 N–H and O–H groups in total. The van der Waals surface area contributed by atoms with Crippen LogP contribution in [0.2, 0.25) is 0 Å². The molecule has 0 atom stereocenters. The smallest absolute Gasteiger partial charge is 0.270 e. The van der Waals surface area contributed by atoms with E-state index < -0.39 is 0 Å². The van der Waals surface area contributed by atoms with Crippen molar-refractivity contribution in [3.63, 3.8) is 0 Å². The third kappa shape index (κ3) is 4.42. The van der Waals surface area contributed by atoms with Gasteiger partial charge in [0.25, 0.3) is 5.91 Å². The Bertz CT molecular complexity index is 905. The number of hydrogen-bond donors (Lipinski definition) is 1. The van der Waals surface area contributed by atoms with E-state index in [2.05, 4.69) is 21.2 Å². The van der Waals surface area contributed by atoms with Gasteiger partial charge in [-0.05, 0) is 51.6 Å². The zero-order valence-electron chi connectivity index (χ0n) is 14.2. The van der Waals surface area contributed by atoms with Crippen molar-refractivity contribution in [2.75, 3.05) is 18.9 Å². The van der Waals surface area contributed by atoms with E-state index in [1.807, 2.05) is 52.5 Å². The Morgan fingerprint density at radius 3 is 2.69 bits per heavy atom. The number of anilines is 1. The van der Waals surface area contributed by atoms with Crippen molar-refractivity contribution in [1.29, 1.82) is 0 Å². The summed E-state index contributed by atoms with van der Waals surface area (Å²) in [5.41, 5.74) is 1.24. The summed E-state index contributed by atoms with van der Waals surface area (Å²) in [5, 5.41) is 4.82. The summed E-state index contributed by atoms with van der Waals surface area (Å²) in [5.74, 6) is -0.432. The van der Waals surface area contributed by atoms with E-state index >= 15 is 0 Å². The topological polar surface area (TPSA) is 54.3 Å². The monoisotopic (exact) mass is 431 g/mol. The lowest BCUT2D eigenvalue weighted by atomic mass is 10.3. The van der Waals surface area contributed by atoms with Crippen molar-refractivity contribution >= 4 is 44.8 Å². The number of amides is 2. The van der Waals surface area contributed by atoms with Gasteiger partial charge in [0.05, 0.1) is 18.8 Å². The van der Waals surface area contributed by atoms with Crippen LogP contribution >= 0.6 is 27.3 Å². The number of nitrogens with one attached hydrogen (secondary N) is 1. The maximum atomic E-state index is 12.7. The molecule has 3 aromatic rings. The zero-order chi connectivity index (χ0) is 18.5. The molecule has 0 saturated carbocycles. The van der Waals surface area contributed by atoms with E-state index in [0.717, 1.165) is 4.47 Å². The number of carbonyl (C=O) groups is 2. The van der Waals surface area contributed by atoms with Gasteiger partial charge in [0.1, 0.15) is 5.69 Å². The maximum Gasteiger partial charge on any atom is 0.270 e. The summed E-state index contributed by atoms with van der Waals surface area (Å²) in [6, 6.07) is 15.0. The SMILES string of the molecule is CN(CC(=O)Nc1ccccc1Br)C(=O)c1cccn1Cc1cccs1. The Labute approximate surface area is 164 Å². The van der Waals surface area contributed by atoms with Crippen molar-refractivity contribution < 1.29 is 9.59 Å². The molecule has 0 aliphatic heterocycles. The lowest BCUT2D eigenvalue weighted by Crippen LogP contribution is -2.36. The molecule has 26 heavy (non-hydrogen) atoms. The summed E-state index contributed by atoms with van der Waals surface area (Å²) < 4.78 is 2.70. The molecule has 2 heterocycles. The van der Waals surface area contributed by atoms with Gasteiger partial charge in [-0.15, -0.1) is 11.3 Å². The number of aromatic nitrogens is 1. The van der Waals surface area contributed by atoms with E-state index in [9.17, 15) is 9.59 Å². The second-order valence-corrected chi connectivity index (χ2v) is 7.68. The third-order valence-electron chi connectivity index (χ3n) is 3.83. The van der Waals surface area contributed by atoms with Crippen LogP contribution in [0.5, 0.6) is 0 Å². The van der Waals surface area contributed by atoms with Crippen LogP contribution < -0.4 is 5.32 Å². The molecule has 0 unspecified atom stereocenters. The minimum atomic E-state index is -0.246. The molecule has 0 fully saturated rings. The fourth-order valence-electron chi connectivity index (χ4n) is 2.55. The van der Waals surface area contributed by atoms with E-state index in [0.29, 0.717) is 17.9 Å². The number of benzene rings is 1. The molecule has 5 nitrogen and oxygen atoms in total. The summed E-state index contributed by atoms with van der Waals surface area (Å²) in [4.78, 5) is 27.6. The van der Waals surface area contributed by atoms with Crippen LogP contribution in [0.4, 0.5) is 5.69 Å². The first-order valence-electron chi connectivity index (χ1n) is 8.02. The number of thiophene rings is 1. The lowest BCUT2D eigenvalue weighted by Gasteiger charge is -2.18. The van der Waals surface area contributed by atoms with Gasteiger partial charge in [-0.1, -0.05) is 18.2 Å². The first-order valence-corrected chi connectivity index (χ1v) is 9.69. The lowest BCUT2D eigenvalue weighted by molar-refractivity contribution is -0.116.